The van der Waals surface area contributed by atoms with E-state index in [1.807, 2.05) is 0 Å². The lowest BCUT2D eigenvalue weighted by molar-refractivity contribution is -0.143. The van der Waals surface area contributed by atoms with Gasteiger partial charge in [-0.3, -0.25) is 9.59 Å². The summed E-state index contributed by atoms with van der Waals surface area (Å²) in [5, 5.41) is 23.3. The molecule has 0 heterocycles. The third-order valence-corrected chi connectivity index (χ3v) is 16.6. The molecule has 0 bridgehead atoms. The SMILES string of the molecule is CCCCCCCCCCCCCCCCCCC(O)C(CO)NC(=O)CCCCCCCCCCCCCCCCCC/C=C\CCCCCCCCCCCCCCOC(=O)CCCCCCCCCCCCC. The molecule has 0 aromatic carbocycles. The van der Waals surface area contributed by atoms with Crippen LogP contribution in [0.2, 0.25) is 0 Å². The Morgan fingerprint density at radius 1 is 0.355 bits per heavy atom. The minimum Gasteiger partial charge on any atom is -0.466 e. The lowest BCUT2D eigenvalue weighted by Crippen LogP contribution is -2.45. The van der Waals surface area contributed by atoms with E-state index in [9.17, 15) is 19.8 Å². The lowest BCUT2D eigenvalue weighted by Gasteiger charge is -2.22. The second-order valence-electron chi connectivity index (χ2n) is 24.2. The fraction of sp³-hybridized carbons (Fsp3) is 0.943. The van der Waals surface area contributed by atoms with E-state index < -0.39 is 12.1 Å². The molecule has 0 aromatic rings. The van der Waals surface area contributed by atoms with Crippen molar-refractivity contribution in [1.82, 2.24) is 5.32 Å². The number of carbonyl (C=O) groups is 2. The molecule has 2 unspecified atom stereocenters. The largest absolute Gasteiger partial charge is 0.466 e. The summed E-state index contributed by atoms with van der Waals surface area (Å²) in [5.41, 5.74) is 0. The number of amides is 1. The highest BCUT2D eigenvalue weighted by Crippen LogP contribution is 2.19. The molecular formula is C70H137NO5. The molecule has 0 saturated carbocycles. The summed E-state index contributed by atoms with van der Waals surface area (Å²) >= 11 is 0. The van der Waals surface area contributed by atoms with Crippen LogP contribution in [0.25, 0.3) is 0 Å². The van der Waals surface area contributed by atoms with Crippen LogP contribution in [0.4, 0.5) is 0 Å². The number of aliphatic hydroxyl groups excluding tert-OH is 2. The Labute approximate surface area is 476 Å². The number of carbonyl (C=O) groups excluding carboxylic acids is 2. The van der Waals surface area contributed by atoms with Gasteiger partial charge >= 0.3 is 5.97 Å². The lowest BCUT2D eigenvalue weighted by atomic mass is 10.0. The van der Waals surface area contributed by atoms with Crippen molar-refractivity contribution in [2.24, 2.45) is 0 Å². The highest BCUT2D eigenvalue weighted by atomic mass is 16.5. The van der Waals surface area contributed by atoms with Crippen molar-refractivity contribution in [3.8, 4) is 0 Å². The van der Waals surface area contributed by atoms with E-state index in [2.05, 4.69) is 31.3 Å². The molecule has 76 heavy (non-hydrogen) atoms. The van der Waals surface area contributed by atoms with Crippen LogP contribution in [0.15, 0.2) is 12.2 Å². The quantitative estimate of drug-likeness (QED) is 0.0320. The third kappa shape index (κ3) is 61.8. The number of hydrogen-bond donors (Lipinski definition) is 3. The monoisotopic (exact) mass is 1070 g/mol. The van der Waals surface area contributed by atoms with Gasteiger partial charge in [-0.1, -0.05) is 347 Å². The van der Waals surface area contributed by atoms with Crippen LogP contribution in [0.5, 0.6) is 0 Å². The Hall–Kier alpha value is -1.40. The number of aliphatic hydroxyl groups is 2. The number of ether oxygens (including phenoxy) is 1. The minimum atomic E-state index is -0.662. The summed E-state index contributed by atoms with van der Waals surface area (Å²) in [7, 11) is 0. The first-order chi connectivity index (χ1) is 37.5. The van der Waals surface area contributed by atoms with Crippen LogP contribution >= 0.6 is 0 Å². The summed E-state index contributed by atoms with van der Waals surface area (Å²) in [4.78, 5) is 24.5. The zero-order chi connectivity index (χ0) is 55.0. The molecule has 0 aliphatic carbocycles. The topological polar surface area (TPSA) is 95.9 Å². The average molecular weight is 1070 g/mol. The molecule has 6 heteroatoms. The van der Waals surface area contributed by atoms with Crippen LogP contribution in [0.1, 0.15) is 399 Å². The van der Waals surface area contributed by atoms with Gasteiger partial charge in [0, 0.05) is 12.8 Å². The van der Waals surface area contributed by atoms with Crippen LogP contribution < -0.4 is 5.32 Å². The highest BCUT2D eigenvalue weighted by molar-refractivity contribution is 5.76. The maximum atomic E-state index is 12.5. The molecule has 0 rings (SSSR count). The second-order valence-corrected chi connectivity index (χ2v) is 24.2. The van der Waals surface area contributed by atoms with Gasteiger partial charge in [-0.25, -0.2) is 0 Å². The number of hydrogen-bond acceptors (Lipinski definition) is 5. The molecule has 0 aliphatic heterocycles. The van der Waals surface area contributed by atoms with E-state index in [-0.39, 0.29) is 18.5 Å². The fourth-order valence-electron chi connectivity index (χ4n) is 11.2. The summed E-state index contributed by atoms with van der Waals surface area (Å²) in [5.74, 6) is -0.0100. The van der Waals surface area contributed by atoms with Crippen molar-refractivity contribution in [2.45, 2.75) is 411 Å². The number of unbranched alkanes of at least 4 members (excludes halogenated alkanes) is 53. The Balaban J connectivity index is 3.34. The summed E-state index contributed by atoms with van der Waals surface area (Å²) in [6.45, 7) is 4.99. The van der Waals surface area contributed by atoms with E-state index in [1.54, 1.807) is 0 Å². The predicted octanol–water partition coefficient (Wildman–Crippen LogP) is 22.4. The van der Waals surface area contributed by atoms with Gasteiger partial charge in [0.25, 0.3) is 0 Å². The third-order valence-electron chi connectivity index (χ3n) is 16.6. The van der Waals surface area contributed by atoms with Crippen LogP contribution in [-0.2, 0) is 14.3 Å². The molecule has 452 valence electrons. The predicted molar refractivity (Wildman–Crippen MR) is 333 cm³/mol. The van der Waals surface area contributed by atoms with Crippen LogP contribution in [0.3, 0.4) is 0 Å². The molecule has 0 aliphatic rings. The highest BCUT2D eigenvalue weighted by Gasteiger charge is 2.20. The van der Waals surface area contributed by atoms with E-state index in [0.29, 0.717) is 25.9 Å². The van der Waals surface area contributed by atoms with Crippen molar-refractivity contribution < 1.29 is 24.5 Å². The molecule has 1 amide bonds. The number of allylic oxidation sites excluding steroid dienone is 2. The second kappa shape index (κ2) is 66.1. The van der Waals surface area contributed by atoms with Gasteiger partial charge in [-0.05, 0) is 51.4 Å². The van der Waals surface area contributed by atoms with E-state index in [4.69, 9.17) is 4.74 Å². The van der Waals surface area contributed by atoms with Crippen LogP contribution in [0, 0.1) is 0 Å². The molecule has 0 aromatic heterocycles. The van der Waals surface area contributed by atoms with Gasteiger partial charge < -0.3 is 20.3 Å². The number of esters is 1. The molecule has 6 nitrogen and oxygen atoms in total. The van der Waals surface area contributed by atoms with E-state index >= 15 is 0 Å². The molecule has 0 saturated heterocycles. The summed E-state index contributed by atoms with van der Waals surface area (Å²) in [6, 6.07) is -0.539. The van der Waals surface area contributed by atoms with Crippen molar-refractivity contribution in [2.75, 3.05) is 13.2 Å². The number of rotatable bonds is 66. The molecule has 0 radical (unpaired) electrons. The molecule has 0 spiro atoms. The Morgan fingerprint density at radius 3 is 0.934 bits per heavy atom. The first-order valence-corrected chi connectivity index (χ1v) is 34.9. The molecule has 2 atom stereocenters. The Kier molecular flexibility index (Phi) is 64.9. The maximum Gasteiger partial charge on any atom is 0.305 e. The zero-order valence-electron chi connectivity index (χ0n) is 51.8. The van der Waals surface area contributed by atoms with Gasteiger partial charge in [0.2, 0.25) is 5.91 Å². The summed E-state index contributed by atoms with van der Waals surface area (Å²) in [6.07, 6.45) is 81.2. The smallest absolute Gasteiger partial charge is 0.305 e. The summed E-state index contributed by atoms with van der Waals surface area (Å²) < 4.78 is 5.47. The standard InChI is InChI=1S/C70H137NO5/c1-3-5-7-9-11-13-15-16-17-36-39-43-46-50-54-58-62-68(73)67(66-72)71-69(74)63-59-55-51-47-44-40-37-34-32-30-28-26-24-22-20-18-19-21-23-25-27-29-31-33-35-38-41-45-49-53-57-61-65-76-70(75)64-60-56-52-48-42-14-12-10-8-6-4-2/h21,23,67-68,72-73H,3-20,22,24-66H2,1-2H3,(H,71,74)/b23-21-. The molecule has 0 fully saturated rings. The Bertz CT molecular complexity index is 1140. The van der Waals surface area contributed by atoms with E-state index in [0.717, 1.165) is 38.5 Å². The average Bonchev–Trinajstić information content (AvgIpc) is 3.42. The fourth-order valence-corrected chi connectivity index (χ4v) is 11.2. The normalized spacial score (nSPS) is 12.5. The maximum absolute atomic E-state index is 12.5. The van der Waals surface area contributed by atoms with Crippen molar-refractivity contribution >= 4 is 11.9 Å². The zero-order valence-corrected chi connectivity index (χ0v) is 51.8. The Morgan fingerprint density at radius 2 is 0.618 bits per heavy atom. The van der Waals surface area contributed by atoms with Gasteiger partial charge in [-0.2, -0.15) is 0 Å². The van der Waals surface area contributed by atoms with Gasteiger partial charge in [0.1, 0.15) is 0 Å². The van der Waals surface area contributed by atoms with Gasteiger partial charge in [0.05, 0.1) is 25.4 Å². The van der Waals surface area contributed by atoms with Crippen molar-refractivity contribution in [3.05, 3.63) is 12.2 Å². The van der Waals surface area contributed by atoms with E-state index in [1.165, 1.54) is 327 Å². The van der Waals surface area contributed by atoms with Crippen LogP contribution in [-0.4, -0.2) is 47.4 Å². The van der Waals surface area contributed by atoms with Crippen molar-refractivity contribution in [3.63, 3.8) is 0 Å². The number of nitrogens with one attached hydrogen (secondary N) is 1. The minimum absolute atomic E-state index is 0.0187. The first-order valence-electron chi connectivity index (χ1n) is 34.9. The van der Waals surface area contributed by atoms with Crippen molar-refractivity contribution in [1.29, 1.82) is 0 Å². The molecular weight excluding hydrogens is 935 g/mol. The first kappa shape index (κ1) is 74.6. The van der Waals surface area contributed by atoms with Gasteiger partial charge in [-0.15, -0.1) is 0 Å². The van der Waals surface area contributed by atoms with Gasteiger partial charge in [0.15, 0.2) is 0 Å². The molecule has 3 N–H and O–H groups in total.